The van der Waals surface area contributed by atoms with Crippen LogP contribution < -0.4 is 5.73 Å². The molecule has 0 amide bonds. The second kappa shape index (κ2) is 7.08. The molecule has 2 aliphatic heterocycles. The van der Waals surface area contributed by atoms with Gasteiger partial charge in [0.05, 0.1) is 17.3 Å². The lowest BCUT2D eigenvalue weighted by Crippen LogP contribution is -2.32. The molecule has 2 aliphatic rings. The van der Waals surface area contributed by atoms with E-state index >= 15 is 0 Å². The summed E-state index contributed by atoms with van der Waals surface area (Å²) in [6.07, 6.45) is 3.35. The number of rotatable bonds is 4. The molecule has 7 nitrogen and oxygen atoms in total. The Balaban J connectivity index is 1.44. The van der Waals surface area contributed by atoms with Crippen LogP contribution in [-0.2, 0) is 18.1 Å². The standard InChI is InChI=1S/C21H24F3N7/c1-2-16(19-26-5-6-27-19)30-7-3-20(12-30)4-8-31-17(20)10-15(29-31)13-9-14(21(22,23)24)18(25)28-11-13/h5-6,9-11,16H,2-4,7-8,12H2,1H3,(H2,25,28)(H,26,27)/t16?,20-/m1/s1. The zero-order chi connectivity index (χ0) is 21.8. The second-order valence-electron chi connectivity index (χ2n) is 8.44. The Kier molecular flexibility index (Phi) is 4.58. The van der Waals surface area contributed by atoms with E-state index in [2.05, 4.69) is 31.9 Å². The van der Waals surface area contributed by atoms with Crippen molar-refractivity contribution in [2.75, 3.05) is 18.8 Å². The van der Waals surface area contributed by atoms with E-state index in [1.807, 2.05) is 16.9 Å². The number of alkyl halides is 3. The van der Waals surface area contributed by atoms with Crippen LogP contribution in [0.25, 0.3) is 11.3 Å². The van der Waals surface area contributed by atoms with E-state index in [-0.39, 0.29) is 11.5 Å². The second-order valence-corrected chi connectivity index (χ2v) is 8.44. The van der Waals surface area contributed by atoms with E-state index < -0.39 is 17.6 Å². The summed E-state index contributed by atoms with van der Waals surface area (Å²) in [6, 6.07) is 3.19. The van der Waals surface area contributed by atoms with Crippen molar-refractivity contribution in [3.05, 3.63) is 47.8 Å². The molecule has 0 saturated carbocycles. The van der Waals surface area contributed by atoms with Gasteiger partial charge in [-0.3, -0.25) is 9.58 Å². The summed E-state index contributed by atoms with van der Waals surface area (Å²) in [6.45, 7) is 4.74. The van der Waals surface area contributed by atoms with E-state index in [1.54, 1.807) is 6.20 Å². The molecule has 0 radical (unpaired) electrons. The number of aromatic nitrogens is 5. The lowest BCUT2D eigenvalue weighted by molar-refractivity contribution is -0.137. The number of anilines is 1. The van der Waals surface area contributed by atoms with Crippen molar-refractivity contribution < 1.29 is 13.2 Å². The number of hydrogen-bond donors (Lipinski definition) is 2. The largest absolute Gasteiger partial charge is 0.419 e. The number of nitrogens with two attached hydrogens (primary N) is 1. The summed E-state index contributed by atoms with van der Waals surface area (Å²) < 4.78 is 41.7. The molecule has 3 aromatic rings. The summed E-state index contributed by atoms with van der Waals surface area (Å²) in [5.74, 6) is 0.453. The molecule has 1 saturated heterocycles. The highest BCUT2D eigenvalue weighted by molar-refractivity contribution is 5.63. The lowest BCUT2D eigenvalue weighted by atomic mass is 9.82. The first-order chi connectivity index (χ1) is 14.8. The number of fused-ring (bicyclic) bond motifs is 2. The Morgan fingerprint density at radius 3 is 2.74 bits per heavy atom. The van der Waals surface area contributed by atoms with Gasteiger partial charge >= 0.3 is 6.18 Å². The molecule has 0 bridgehead atoms. The molecule has 0 aliphatic carbocycles. The Morgan fingerprint density at radius 2 is 2.03 bits per heavy atom. The molecule has 10 heteroatoms. The number of pyridine rings is 1. The fourth-order valence-corrected chi connectivity index (χ4v) is 5.11. The van der Waals surface area contributed by atoms with Gasteiger partial charge in [0.1, 0.15) is 11.6 Å². The van der Waals surface area contributed by atoms with Crippen LogP contribution in [0.15, 0.2) is 30.7 Å². The van der Waals surface area contributed by atoms with Gasteiger partial charge in [0.15, 0.2) is 0 Å². The predicted octanol–water partition coefficient (Wildman–Crippen LogP) is 3.77. The third-order valence-electron chi connectivity index (χ3n) is 6.69. The molecular weight excluding hydrogens is 407 g/mol. The molecule has 2 atom stereocenters. The summed E-state index contributed by atoms with van der Waals surface area (Å²) >= 11 is 0. The van der Waals surface area contributed by atoms with Gasteiger partial charge in [-0.1, -0.05) is 6.92 Å². The Morgan fingerprint density at radius 1 is 1.23 bits per heavy atom. The summed E-state index contributed by atoms with van der Waals surface area (Å²) in [7, 11) is 0. The highest BCUT2D eigenvalue weighted by Gasteiger charge is 2.47. The number of H-pyrrole nitrogens is 1. The van der Waals surface area contributed by atoms with Crippen LogP contribution in [0.1, 0.15) is 49.3 Å². The maximum Gasteiger partial charge on any atom is 0.419 e. The normalized spacial score (nSPS) is 22.3. The Bertz CT molecular complexity index is 1090. The third kappa shape index (κ3) is 3.29. The molecule has 1 spiro atoms. The molecule has 5 heterocycles. The minimum absolute atomic E-state index is 0.0423. The summed E-state index contributed by atoms with van der Waals surface area (Å²) in [4.78, 5) is 13.9. The van der Waals surface area contributed by atoms with Crippen LogP contribution >= 0.6 is 0 Å². The number of halogens is 3. The first-order valence-corrected chi connectivity index (χ1v) is 10.5. The minimum atomic E-state index is -4.55. The molecule has 5 rings (SSSR count). The third-order valence-corrected chi connectivity index (χ3v) is 6.69. The molecule has 0 aromatic carbocycles. The van der Waals surface area contributed by atoms with E-state index in [0.717, 1.165) is 56.5 Å². The Hall–Kier alpha value is -2.88. The quantitative estimate of drug-likeness (QED) is 0.657. The van der Waals surface area contributed by atoms with Crippen molar-refractivity contribution in [3.8, 4) is 11.3 Å². The number of hydrogen-bond acceptors (Lipinski definition) is 5. The van der Waals surface area contributed by atoms with Crippen molar-refractivity contribution in [1.82, 2.24) is 29.6 Å². The van der Waals surface area contributed by atoms with E-state index in [4.69, 9.17) is 5.73 Å². The van der Waals surface area contributed by atoms with Crippen LogP contribution in [0.4, 0.5) is 19.0 Å². The van der Waals surface area contributed by atoms with Crippen LogP contribution in [-0.4, -0.2) is 42.7 Å². The summed E-state index contributed by atoms with van der Waals surface area (Å²) in [5, 5.41) is 4.60. The van der Waals surface area contributed by atoms with Crippen LogP contribution in [0.5, 0.6) is 0 Å². The van der Waals surface area contributed by atoms with Crippen molar-refractivity contribution in [2.24, 2.45) is 0 Å². The average molecular weight is 431 g/mol. The number of likely N-dealkylation sites (tertiary alicyclic amines) is 1. The van der Waals surface area contributed by atoms with E-state index in [1.165, 1.54) is 6.20 Å². The number of nitrogen functional groups attached to an aromatic ring is 1. The number of nitrogens with zero attached hydrogens (tertiary/aromatic N) is 5. The van der Waals surface area contributed by atoms with Crippen LogP contribution in [0, 0.1) is 0 Å². The summed E-state index contributed by atoms with van der Waals surface area (Å²) in [5.41, 5.74) is 6.40. The first kappa shape index (κ1) is 20.0. The molecule has 31 heavy (non-hydrogen) atoms. The maximum absolute atomic E-state index is 13.3. The zero-order valence-electron chi connectivity index (χ0n) is 17.2. The van der Waals surface area contributed by atoms with Gasteiger partial charge in [-0.15, -0.1) is 0 Å². The minimum Gasteiger partial charge on any atom is -0.383 e. The molecule has 1 fully saturated rings. The molecule has 3 N–H and O–H groups in total. The van der Waals surface area contributed by atoms with E-state index in [0.29, 0.717) is 11.3 Å². The fraction of sp³-hybridized carbons (Fsp3) is 0.476. The van der Waals surface area contributed by atoms with Gasteiger partial charge in [-0.25, -0.2) is 9.97 Å². The van der Waals surface area contributed by atoms with Gasteiger partial charge < -0.3 is 10.7 Å². The number of aryl methyl sites for hydroxylation is 1. The first-order valence-electron chi connectivity index (χ1n) is 10.5. The highest BCUT2D eigenvalue weighted by atomic mass is 19.4. The average Bonchev–Trinajstić information content (AvgIpc) is 3.50. The SMILES string of the molecule is CCC(c1ncc[nH]1)N1CC[C@@]2(CCn3nc(-c4cnc(N)c(C(F)(F)F)c4)cc32)C1. The monoisotopic (exact) mass is 431 g/mol. The maximum atomic E-state index is 13.3. The lowest BCUT2D eigenvalue weighted by Gasteiger charge is -2.28. The van der Waals surface area contributed by atoms with Crippen molar-refractivity contribution in [3.63, 3.8) is 0 Å². The van der Waals surface area contributed by atoms with Crippen molar-refractivity contribution in [2.45, 2.75) is 50.4 Å². The molecule has 3 aromatic heterocycles. The van der Waals surface area contributed by atoms with E-state index in [9.17, 15) is 13.2 Å². The fourth-order valence-electron chi connectivity index (χ4n) is 5.11. The highest BCUT2D eigenvalue weighted by Crippen LogP contribution is 2.46. The van der Waals surface area contributed by atoms with Crippen LogP contribution in [0.2, 0.25) is 0 Å². The van der Waals surface area contributed by atoms with Crippen LogP contribution in [0.3, 0.4) is 0 Å². The number of nitrogens with one attached hydrogen (secondary N) is 1. The van der Waals surface area contributed by atoms with Crippen molar-refractivity contribution in [1.29, 1.82) is 0 Å². The van der Waals surface area contributed by atoms with Gasteiger partial charge in [-0.2, -0.15) is 18.3 Å². The Labute approximate surface area is 177 Å². The molecule has 164 valence electrons. The topological polar surface area (TPSA) is 88.7 Å². The number of aromatic amines is 1. The molecule has 1 unspecified atom stereocenters. The smallest absolute Gasteiger partial charge is 0.383 e. The van der Waals surface area contributed by atoms with Crippen molar-refractivity contribution >= 4 is 5.82 Å². The number of imidazole rings is 1. The van der Waals surface area contributed by atoms with Gasteiger partial charge in [0, 0.05) is 48.4 Å². The van der Waals surface area contributed by atoms with Gasteiger partial charge in [0.25, 0.3) is 0 Å². The van der Waals surface area contributed by atoms with Gasteiger partial charge in [-0.05, 0) is 37.9 Å². The molecular formula is C21H24F3N7. The predicted molar refractivity (Wildman–Crippen MR) is 109 cm³/mol. The zero-order valence-corrected chi connectivity index (χ0v) is 17.2. The van der Waals surface area contributed by atoms with Gasteiger partial charge in [0.2, 0.25) is 0 Å².